The maximum atomic E-state index is 11.7. The van der Waals surface area contributed by atoms with Gasteiger partial charge in [-0.15, -0.1) is 0 Å². The van der Waals surface area contributed by atoms with Gasteiger partial charge in [0, 0.05) is 26.2 Å². The van der Waals surface area contributed by atoms with Crippen molar-refractivity contribution in [3.05, 3.63) is 0 Å². The third-order valence-corrected chi connectivity index (χ3v) is 3.29. The Morgan fingerprint density at radius 2 is 1.89 bits per heavy atom. The molecular weight excluding hydrogens is 248 g/mol. The standard InChI is InChI=1S/C12H24N4O3/c1-3-5-10(11(17)14-13)15-6-8-16(9-7-15)12(18)19-4-2/h10H,3-9,13H2,1-2H3,(H,14,17). The van der Waals surface area contributed by atoms with Crippen molar-refractivity contribution in [2.75, 3.05) is 32.8 Å². The number of nitrogens with one attached hydrogen (secondary N) is 1. The highest BCUT2D eigenvalue weighted by Gasteiger charge is 2.29. The number of nitrogens with two attached hydrogens (primary N) is 1. The van der Waals surface area contributed by atoms with Crippen molar-refractivity contribution in [3.63, 3.8) is 0 Å². The normalized spacial score (nSPS) is 17.9. The Balaban J connectivity index is 2.50. The lowest BCUT2D eigenvalue weighted by molar-refractivity contribution is -0.127. The molecule has 0 aromatic rings. The number of piperazine rings is 1. The Bertz CT molecular complexity index is 303. The highest BCUT2D eigenvalue weighted by atomic mass is 16.6. The van der Waals surface area contributed by atoms with Crippen LogP contribution in [0.2, 0.25) is 0 Å². The maximum absolute atomic E-state index is 11.7. The molecule has 0 aliphatic carbocycles. The van der Waals surface area contributed by atoms with Gasteiger partial charge in [0.25, 0.3) is 5.91 Å². The van der Waals surface area contributed by atoms with E-state index in [4.69, 9.17) is 10.6 Å². The first-order valence-corrected chi connectivity index (χ1v) is 6.80. The van der Waals surface area contributed by atoms with E-state index in [9.17, 15) is 9.59 Å². The lowest BCUT2D eigenvalue weighted by Crippen LogP contribution is -2.56. The van der Waals surface area contributed by atoms with Crippen molar-refractivity contribution in [3.8, 4) is 0 Å². The van der Waals surface area contributed by atoms with Crippen LogP contribution in [0.5, 0.6) is 0 Å². The quantitative estimate of drug-likeness (QED) is 0.415. The molecule has 7 nitrogen and oxygen atoms in total. The second-order valence-electron chi connectivity index (χ2n) is 4.53. The number of hydrogen-bond acceptors (Lipinski definition) is 5. The van der Waals surface area contributed by atoms with Gasteiger partial charge in [0.05, 0.1) is 12.6 Å². The maximum Gasteiger partial charge on any atom is 0.409 e. The lowest BCUT2D eigenvalue weighted by atomic mass is 10.1. The Morgan fingerprint density at radius 1 is 1.26 bits per heavy atom. The summed E-state index contributed by atoms with van der Waals surface area (Å²) in [5.41, 5.74) is 2.22. The molecule has 1 unspecified atom stereocenters. The molecule has 1 atom stereocenters. The Labute approximate surface area is 114 Å². The van der Waals surface area contributed by atoms with Crippen LogP contribution in [0.4, 0.5) is 4.79 Å². The van der Waals surface area contributed by atoms with Gasteiger partial charge in [-0.2, -0.15) is 0 Å². The van der Waals surface area contributed by atoms with Crippen LogP contribution >= 0.6 is 0 Å². The number of rotatable bonds is 5. The molecule has 0 bridgehead atoms. The van der Waals surface area contributed by atoms with Crippen molar-refractivity contribution in [2.24, 2.45) is 5.84 Å². The summed E-state index contributed by atoms with van der Waals surface area (Å²) in [7, 11) is 0. The average molecular weight is 272 g/mol. The fraction of sp³-hybridized carbons (Fsp3) is 0.833. The zero-order valence-corrected chi connectivity index (χ0v) is 11.7. The molecule has 110 valence electrons. The van der Waals surface area contributed by atoms with Crippen LogP contribution in [-0.2, 0) is 9.53 Å². The van der Waals surface area contributed by atoms with Crippen LogP contribution in [0.25, 0.3) is 0 Å². The molecule has 1 aliphatic heterocycles. The lowest BCUT2D eigenvalue weighted by Gasteiger charge is -2.37. The molecule has 0 aromatic heterocycles. The predicted molar refractivity (Wildman–Crippen MR) is 71.2 cm³/mol. The van der Waals surface area contributed by atoms with Crippen LogP contribution in [0.3, 0.4) is 0 Å². The Kier molecular flexibility index (Phi) is 6.58. The van der Waals surface area contributed by atoms with Crippen molar-refractivity contribution < 1.29 is 14.3 Å². The Hall–Kier alpha value is -1.34. The molecule has 19 heavy (non-hydrogen) atoms. The third-order valence-electron chi connectivity index (χ3n) is 3.29. The van der Waals surface area contributed by atoms with Crippen molar-refractivity contribution in [2.45, 2.75) is 32.7 Å². The summed E-state index contributed by atoms with van der Waals surface area (Å²) >= 11 is 0. The van der Waals surface area contributed by atoms with Gasteiger partial charge in [-0.05, 0) is 13.3 Å². The first-order chi connectivity index (χ1) is 9.13. The SMILES string of the molecule is CCCC(C(=O)NN)N1CCN(C(=O)OCC)CC1. The smallest absolute Gasteiger partial charge is 0.409 e. The third kappa shape index (κ3) is 4.36. The van der Waals surface area contributed by atoms with Crippen LogP contribution in [0.15, 0.2) is 0 Å². The van der Waals surface area contributed by atoms with E-state index < -0.39 is 0 Å². The monoisotopic (exact) mass is 272 g/mol. The van der Waals surface area contributed by atoms with Gasteiger partial charge in [-0.3, -0.25) is 15.1 Å². The summed E-state index contributed by atoms with van der Waals surface area (Å²) in [5.74, 6) is 5.05. The van der Waals surface area contributed by atoms with E-state index in [1.54, 1.807) is 11.8 Å². The summed E-state index contributed by atoms with van der Waals surface area (Å²) in [4.78, 5) is 27.1. The molecule has 1 saturated heterocycles. The predicted octanol–water partition coefficient (Wildman–Crippen LogP) is -0.0809. The molecule has 7 heteroatoms. The number of nitrogens with zero attached hydrogens (tertiary/aromatic N) is 2. The molecule has 1 rings (SSSR count). The summed E-state index contributed by atoms with van der Waals surface area (Å²) in [6, 6.07) is -0.209. The second kappa shape index (κ2) is 7.96. The van der Waals surface area contributed by atoms with Crippen molar-refractivity contribution in [1.82, 2.24) is 15.2 Å². The second-order valence-corrected chi connectivity index (χ2v) is 4.53. The van der Waals surface area contributed by atoms with Gasteiger partial charge in [-0.1, -0.05) is 13.3 Å². The molecule has 0 aromatic carbocycles. The fourth-order valence-electron chi connectivity index (χ4n) is 2.28. The molecule has 0 saturated carbocycles. The van der Waals surface area contributed by atoms with E-state index in [-0.39, 0.29) is 18.0 Å². The number of carbonyl (C=O) groups excluding carboxylic acids is 2. The minimum Gasteiger partial charge on any atom is -0.450 e. The molecule has 0 radical (unpaired) electrons. The highest BCUT2D eigenvalue weighted by molar-refractivity contribution is 5.81. The van der Waals surface area contributed by atoms with Gasteiger partial charge in [0.15, 0.2) is 0 Å². The first kappa shape index (κ1) is 15.7. The molecular formula is C12H24N4O3. The van der Waals surface area contributed by atoms with E-state index in [0.29, 0.717) is 32.8 Å². The van der Waals surface area contributed by atoms with E-state index >= 15 is 0 Å². The number of hydrazine groups is 1. The van der Waals surface area contributed by atoms with Gasteiger partial charge in [0.2, 0.25) is 0 Å². The zero-order chi connectivity index (χ0) is 14.3. The summed E-state index contributed by atoms with van der Waals surface area (Å²) < 4.78 is 4.96. The number of hydrogen-bond donors (Lipinski definition) is 2. The molecule has 1 fully saturated rings. The van der Waals surface area contributed by atoms with Gasteiger partial charge < -0.3 is 9.64 Å². The van der Waals surface area contributed by atoms with Crippen LogP contribution in [0.1, 0.15) is 26.7 Å². The van der Waals surface area contributed by atoms with Crippen LogP contribution in [0, 0.1) is 0 Å². The molecule has 1 heterocycles. The summed E-state index contributed by atoms with van der Waals surface area (Å²) in [5, 5.41) is 0. The van der Waals surface area contributed by atoms with Gasteiger partial charge in [-0.25, -0.2) is 10.6 Å². The summed E-state index contributed by atoms with van der Waals surface area (Å²) in [6.45, 7) is 6.69. The number of ether oxygens (including phenoxy) is 1. The molecule has 3 N–H and O–H groups in total. The number of amides is 2. The number of carbonyl (C=O) groups is 2. The summed E-state index contributed by atoms with van der Waals surface area (Å²) in [6.07, 6.45) is 1.40. The Morgan fingerprint density at radius 3 is 2.37 bits per heavy atom. The topological polar surface area (TPSA) is 87.9 Å². The minimum atomic E-state index is -0.280. The van der Waals surface area contributed by atoms with E-state index in [2.05, 4.69) is 10.3 Å². The van der Waals surface area contributed by atoms with Crippen LogP contribution < -0.4 is 11.3 Å². The largest absolute Gasteiger partial charge is 0.450 e. The van der Waals surface area contributed by atoms with E-state index in [1.807, 2.05) is 6.92 Å². The molecule has 2 amide bonds. The van der Waals surface area contributed by atoms with Gasteiger partial charge >= 0.3 is 6.09 Å². The average Bonchev–Trinajstić information content (AvgIpc) is 2.44. The van der Waals surface area contributed by atoms with Crippen LogP contribution in [-0.4, -0.2) is 60.6 Å². The first-order valence-electron chi connectivity index (χ1n) is 6.80. The minimum absolute atomic E-state index is 0.161. The zero-order valence-electron chi connectivity index (χ0n) is 11.7. The van der Waals surface area contributed by atoms with Crippen molar-refractivity contribution >= 4 is 12.0 Å². The van der Waals surface area contributed by atoms with Gasteiger partial charge in [0.1, 0.15) is 0 Å². The van der Waals surface area contributed by atoms with Crippen molar-refractivity contribution in [1.29, 1.82) is 0 Å². The van der Waals surface area contributed by atoms with E-state index in [1.165, 1.54) is 0 Å². The molecule has 0 spiro atoms. The fourth-order valence-corrected chi connectivity index (χ4v) is 2.28. The molecule has 1 aliphatic rings. The highest BCUT2D eigenvalue weighted by Crippen LogP contribution is 2.12. The van der Waals surface area contributed by atoms with E-state index in [0.717, 1.165) is 12.8 Å².